The molecule has 1 amide bonds. The van der Waals surface area contributed by atoms with Crippen LogP contribution in [0.1, 0.15) is 52.4 Å². The molecule has 0 aromatic rings. The quantitative estimate of drug-likeness (QED) is 0.746. The Kier molecular flexibility index (Phi) is 4.58. The highest BCUT2D eigenvalue weighted by molar-refractivity contribution is 5.76. The zero-order valence-electron chi connectivity index (χ0n) is 10.0. The third kappa shape index (κ3) is 4.65. The van der Waals surface area contributed by atoms with E-state index in [2.05, 4.69) is 19.2 Å². The van der Waals surface area contributed by atoms with Crippen molar-refractivity contribution in [2.45, 2.75) is 58.4 Å². The highest BCUT2D eigenvalue weighted by atomic mass is 16.1. The van der Waals surface area contributed by atoms with Gasteiger partial charge < -0.3 is 11.1 Å². The fraction of sp³-hybridized carbons (Fsp3) is 0.917. The Labute approximate surface area is 92.8 Å². The molecule has 0 aromatic heterocycles. The molecule has 1 saturated carbocycles. The summed E-state index contributed by atoms with van der Waals surface area (Å²) in [4.78, 5) is 11.5. The molecule has 1 aliphatic rings. The minimum atomic E-state index is 0.170. The van der Waals surface area contributed by atoms with E-state index >= 15 is 0 Å². The van der Waals surface area contributed by atoms with Crippen molar-refractivity contribution in [3.8, 4) is 0 Å². The van der Waals surface area contributed by atoms with Crippen molar-refractivity contribution in [1.29, 1.82) is 0 Å². The molecule has 1 fully saturated rings. The van der Waals surface area contributed by atoms with Crippen LogP contribution in [0.4, 0.5) is 0 Å². The van der Waals surface area contributed by atoms with Gasteiger partial charge in [0.15, 0.2) is 0 Å². The first-order chi connectivity index (χ1) is 7.03. The van der Waals surface area contributed by atoms with E-state index < -0.39 is 0 Å². The summed E-state index contributed by atoms with van der Waals surface area (Å²) in [5.74, 6) is 0.170. The molecule has 1 atom stereocenters. The first-order valence-corrected chi connectivity index (χ1v) is 6.03. The van der Waals surface area contributed by atoms with Crippen molar-refractivity contribution in [1.82, 2.24) is 5.32 Å². The summed E-state index contributed by atoms with van der Waals surface area (Å²) in [6.45, 7) is 5.17. The molecule has 0 aromatic carbocycles. The standard InChI is InChI=1S/C12H24N2O/c1-12(2)7-3-5-10(9-12)14-11(15)6-4-8-13/h10H,3-9,13H2,1-2H3,(H,14,15). The highest BCUT2D eigenvalue weighted by Gasteiger charge is 2.28. The number of nitrogens with one attached hydrogen (secondary N) is 1. The lowest BCUT2D eigenvalue weighted by molar-refractivity contribution is -0.122. The number of carbonyl (C=O) groups is 1. The minimum Gasteiger partial charge on any atom is -0.353 e. The van der Waals surface area contributed by atoms with Gasteiger partial charge in [0.05, 0.1) is 0 Å². The summed E-state index contributed by atoms with van der Waals surface area (Å²) >= 11 is 0. The van der Waals surface area contributed by atoms with Gasteiger partial charge in [-0.05, 0) is 37.6 Å². The van der Waals surface area contributed by atoms with Crippen LogP contribution in [0.3, 0.4) is 0 Å². The van der Waals surface area contributed by atoms with Crippen LogP contribution in [-0.2, 0) is 4.79 Å². The molecule has 3 heteroatoms. The second-order valence-electron chi connectivity index (χ2n) is 5.42. The molecule has 15 heavy (non-hydrogen) atoms. The van der Waals surface area contributed by atoms with Crippen molar-refractivity contribution in [2.75, 3.05) is 6.54 Å². The zero-order valence-corrected chi connectivity index (χ0v) is 10.0. The van der Waals surface area contributed by atoms with E-state index in [4.69, 9.17) is 5.73 Å². The van der Waals surface area contributed by atoms with Crippen molar-refractivity contribution in [3.05, 3.63) is 0 Å². The van der Waals surface area contributed by atoms with E-state index in [1.807, 2.05) is 0 Å². The SMILES string of the molecule is CC1(C)CCCC(NC(=O)CCCN)C1. The Morgan fingerprint density at radius 2 is 2.27 bits per heavy atom. The number of rotatable bonds is 4. The maximum absolute atomic E-state index is 11.5. The molecule has 3 N–H and O–H groups in total. The highest BCUT2D eigenvalue weighted by Crippen LogP contribution is 2.35. The number of hydrogen-bond acceptors (Lipinski definition) is 2. The van der Waals surface area contributed by atoms with Crippen molar-refractivity contribution in [2.24, 2.45) is 11.1 Å². The van der Waals surface area contributed by atoms with Crippen LogP contribution >= 0.6 is 0 Å². The molecule has 0 spiro atoms. The predicted molar refractivity (Wildman–Crippen MR) is 62.5 cm³/mol. The van der Waals surface area contributed by atoms with Gasteiger partial charge in [0.1, 0.15) is 0 Å². The van der Waals surface area contributed by atoms with Gasteiger partial charge in [-0.3, -0.25) is 4.79 Å². The van der Waals surface area contributed by atoms with E-state index in [0.29, 0.717) is 24.4 Å². The van der Waals surface area contributed by atoms with E-state index in [0.717, 1.165) is 19.3 Å². The molecule has 1 unspecified atom stereocenters. The maximum atomic E-state index is 11.5. The van der Waals surface area contributed by atoms with E-state index in [1.165, 1.54) is 12.8 Å². The second-order valence-corrected chi connectivity index (χ2v) is 5.42. The molecule has 0 heterocycles. The molecular weight excluding hydrogens is 188 g/mol. The Balaban J connectivity index is 2.28. The van der Waals surface area contributed by atoms with Crippen molar-refractivity contribution in [3.63, 3.8) is 0 Å². The molecule has 1 rings (SSSR count). The predicted octanol–water partition coefficient (Wildman–Crippen LogP) is 1.81. The second kappa shape index (κ2) is 5.50. The molecule has 1 aliphatic carbocycles. The van der Waals surface area contributed by atoms with E-state index in [1.54, 1.807) is 0 Å². The summed E-state index contributed by atoms with van der Waals surface area (Å²) in [6, 6.07) is 0.388. The van der Waals surface area contributed by atoms with Crippen LogP contribution < -0.4 is 11.1 Å². The van der Waals surface area contributed by atoms with Crippen LogP contribution in [0.5, 0.6) is 0 Å². The monoisotopic (exact) mass is 212 g/mol. The summed E-state index contributed by atoms with van der Waals surface area (Å²) in [7, 11) is 0. The Bertz CT molecular complexity index is 214. The summed E-state index contributed by atoms with van der Waals surface area (Å²) < 4.78 is 0. The van der Waals surface area contributed by atoms with Gasteiger partial charge in [0, 0.05) is 12.5 Å². The van der Waals surface area contributed by atoms with Gasteiger partial charge in [-0.2, -0.15) is 0 Å². The third-order valence-corrected chi connectivity index (χ3v) is 3.18. The van der Waals surface area contributed by atoms with Gasteiger partial charge in [-0.25, -0.2) is 0 Å². The first-order valence-electron chi connectivity index (χ1n) is 6.03. The summed E-state index contributed by atoms with van der Waals surface area (Å²) in [6.07, 6.45) is 6.13. The molecule has 0 saturated heterocycles. The molecule has 88 valence electrons. The average molecular weight is 212 g/mol. The lowest BCUT2D eigenvalue weighted by Gasteiger charge is -2.35. The van der Waals surface area contributed by atoms with Gasteiger partial charge in [0.2, 0.25) is 5.91 Å². The fourth-order valence-electron chi connectivity index (χ4n) is 2.38. The minimum absolute atomic E-state index is 0.170. The smallest absolute Gasteiger partial charge is 0.220 e. The van der Waals surface area contributed by atoms with Crippen molar-refractivity contribution >= 4 is 5.91 Å². The largest absolute Gasteiger partial charge is 0.353 e. The number of hydrogen-bond donors (Lipinski definition) is 2. The lowest BCUT2D eigenvalue weighted by Crippen LogP contribution is -2.40. The number of carbonyl (C=O) groups excluding carboxylic acids is 1. The van der Waals surface area contributed by atoms with E-state index in [-0.39, 0.29) is 5.91 Å². The van der Waals surface area contributed by atoms with Gasteiger partial charge in [0.25, 0.3) is 0 Å². The van der Waals surface area contributed by atoms with Gasteiger partial charge in [-0.15, -0.1) is 0 Å². The third-order valence-electron chi connectivity index (χ3n) is 3.18. The zero-order chi connectivity index (χ0) is 11.3. The normalized spacial score (nSPS) is 24.9. The molecule has 0 radical (unpaired) electrons. The Morgan fingerprint density at radius 3 is 2.87 bits per heavy atom. The van der Waals surface area contributed by atoms with Crippen LogP contribution in [0.2, 0.25) is 0 Å². The van der Waals surface area contributed by atoms with Crippen LogP contribution in [0.25, 0.3) is 0 Å². The van der Waals surface area contributed by atoms with Crippen LogP contribution in [0.15, 0.2) is 0 Å². The Hall–Kier alpha value is -0.570. The summed E-state index contributed by atoms with van der Waals surface area (Å²) in [5, 5.41) is 3.11. The number of nitrogens with two attached hydrogens (primary N) is 1. The molecule has 3 nitrogen and oxygen atoms in total. The summed E-state index contributed by atoms with van der Waals surface area (Å²) in [5.41, 5.74) is 5.77. The van der Waals surface area contributed by atoms with Crippen LogP contribution in [-0.4, -0.2) is 18.5 Å². The molecular formula is C12H24N2O. The topological polar surface area (TPSA) is 55.1 Å². The van der Waals surface area contributed by atoms with Gasteiger partial charge in [-0.1, -0.05) is 20.3 Å². The molecule has 0 aliphatic heterocycles. The maximum Gasteiger partial charge on any atom is 0.220 e. The molecule has 0 bridgehead atoms. The van der Waals surface area contributed by atoms with Crippen LogP contribution in [0, 0.1) is 5.41 Å². The Morgan fingerprint density at radius 1 is 1.53 bits per heavy atom. The van der Waals surface area contributed by atoms with Crippen molar-refractivity contribution < 1.29 is 4.79 Å². The van der Waals surface area contributed by atoms with E-state index in [9.17, 15) is 4.79 Å². The first kappa shape index (κ1) is 12.5. The number of amides is 1. The van der Waals surface area contributed by atoms with Gasteiger partial charge >= 0.3 is 0 Å². The average Bonchev–Trinajstić information content (AvgIpc) is 2.13. The lowest BCUT2D eigenvalue weighted by atomic mass is 9.75. The fourth-order valence-corrected chi connectivity index (χ4v) is 2.38.